The number of H-pyrrole nitrogens is 1. The monoisotopic (exact) mass is 653 g/mol. The summed E-state index contributed by atoms with van der Waals surface area (Å²) in [6, 6.07) is 7.02. The molecular weight excluding hydrogens is 610 g/mol. The van der Waals surface area contributed by atoms with Gasteiger partial charge in [-0.25, -0.2) is 4.79 Å². The Hall–Kier alpha value is -4.83. The highest BCUT2D eigenvalue weighted by Crippen LogP contribution is 2.20. The van der Waals surface area contributed by atoms with Gasteiger partial charge in [-0.1, -0.05) is 17.3 Å². The Morgan fingerprint density at radius 1 is 1.06 bits per heavy atom. The maximum absolute atomic E-state index is 13.1. The van der Waals surface area contributed by atoms with Crippen LogP contribution in [0, 0.1) is 0 Å². The summed E-state index contributed by atoms with van der Waals surface area (Å²) in [6.45, 7) is 9.62. The molecule has 0 fully saturated rings. The Morgan fingerprint density at radius 2 is 1.81 bits per heavy atom. The van der Waals surface area contributed by atoms with E-state index in [0.29, 0.717) is 61.4 Å². The van der Waals surface area contributed by atoms with E-state index in [-0.39, 0.29) is 37.3 Å². The maximum Gasteiger partial charge on any atom is 0.328 e. The number of fused-ring (bicyclic) bond motifs is 1. The van der Waals surface area contributed by atoms with Crippen molar-refractivity contribution in [2.45, 2.75) is 77.6 Å². The minimum absolute atomic E-state index is 0.0133. The van der Waals surface area contributed by atoms with Gasteiger partial charge in [0.05, 0.1) is 30.9 Å². The molecule has 0 aliphatic heterocycles. The van der Waals surface area contributed by atoms with E-state index in [1.54, 1.807) is 42.3 Å². The van der Waals surface area contributed by atoms with E-state index in [0.717, 1.165) is 5.56 Å². The predicted octanol–water partition coefficient (Wildman–Crippen LogP) is 2.17. The molecule has 0 atom stereocenters. The van der Waals surface area contributed by atoms with Crippen LogP contribution in [0.1, 0.15) is 68.6 Å². The summed E-state index contributed by atoms with van der Waals surface area (Å²) in [5.41, 5.74) is 7.16. The number of nitrogens with two attached hydrogens (primary N) is 1. The summed E-state index contributed by atoms with van der Waals surface area (Å²) < 4.78 is 19.7. The maximum atomic E-state index is 13.1. The van der Waals surface area contributed by atoms with Crippen molar-refractivity contribution < 1.29 is 28.9 Å². The van der Waals surface area contributed by atoms with E-state index >= 15 is 0 Å². The molecule has 1 amide bonds. The normalized spacial score (nSPS) is 12.0. The van der Waals surface area contributed by atoms with Gasteiger partial charge in [-0.05, 0) is 58.2 Å². The third-order valence-corrected chi connectivity index (χ3v) is 7.50. The van der Waals surface area contributed by atoms with Crippen LogP contribution in [-0.2, 0) is 33.8 Å². The van der Waals surface area contributed by atoms with Gasteiger partial charge in [0, 0.05) is 44.0 Å². The molecule has 3 heterocycles. The Labute approximate surface area is 271 Å². The zero-order chi connectivity index (χ0) is 34.2. The number of nitrogens with one attached hydrogen (secondary N) is 2. The van der Waals surface area contributed by atoms with Crippen LogP contribution in [0.25, 0.3) is 11.2 Å². The molecule has 4 aromatic rings. The summed E-state index contributed by atoms with van der Waals surface area (Å²) >= 11 is 0. The first kappa shape index (κ1) is 35.0. The topological polar surface area (TPSA) is 214 Å². The van der Waals surface area contributed by atoms with Crippen LogP contribution in [0.2, 0.25) is 0 Å². The molecule has 0 aliphatic carbocycles. The van der Waals surface area contributed by atoms with Gasteiger partial charge in [0.2, 0.25) is 0 Å². The lowest BCUT2D eigenvalue weighted by Crippen LogP contribution is -2.44. The number of methoxy groups -OCH3 is 1. The van der Waals surface area contributed by atoms with Crippen molar-refractivity contribution in [1.29, 1.82) is 0 Å². The number of imidazole rings is 1. The third kappa shape index (κ3) is 10.1. The van der Waals surface area contributed by atoms with Crippen molar-refractivity contribution in [3.05, 3.63) is 57.8 Å². The number of amides is 1. The number of benzene rings is 1. The molecule has 5 N–H and O–H groups in total. The van der Waals surface area contributed by atoms with Crippen LogP contribution in [-0.4, -0.2) is 89.6 Å². The average molecular weight is 654 g/mol. The van der Waals surface area contributed by atoms with E-state index in [1.807, 2.05) is 27.7 Å². The highest BCUT2D eigenvalue weighted by molar-refractivity contribution is 5.94. The number of hydrogen-bond donors (Lipinski definition) is 4. The SMILES string of the molecule is COCCOc1nc(N)c2[nH]c(=O)n(Cc3ccc(C(=O)NC(C)(C)CCOC(C)(C)CCn4cc(CCC(=O)O)nn4)cc3)c2n1. The summed E-state index contributed by atoms with van der Waals surface area (Å²) in [4.78, 5) is 47.7. The first-order valence-corrected chi connectivity index (χ1v) is 15.3. The van der Waals surface area contributed by atoms with Gasteiger partial charge in [0.15, 0.2) is 11.5 Å². The first-order chi connectivity index (χ1) is 22.2. The Bertz CT molecular complexity index is 1730. The smallest absolute Gasteiger partial charge is 0.328 e. The Morgan fingerprint density at radius 3 is 2.51 bits per heavy atom. The number of carboxylic acids is 1. The number of nitrogen functional groups attached to an aromatic ring is 1. The predicted molar refractivity (Wildman–Crippen MR) is 172 cm³/mol. The van der Waals surface area contributed by atoms with E-state index < -0.39 is 22.8 Å². The van der Waals surface area contributed by atoms with Crippen molar-refractivity contribution in [3.8, 4) is 6.01 Å². The number of hydrogen-bond acceptors (Lipinski definition) is 11. The second kappa shape index (κ2) is 15.2. The zero-order valence-electron chi connectivity index (χ0n) is 27.4. The molecule has 254 valence electrons. The summed E-state index contributed by atoms with van der Waals surface area (Å²) in [6.07, 6.45) is 3.36. The number of rotatable bonds is 18. The second-order valence-electron chi connectivity index (χ2n) is 12.5. The third-order valence-electron chi connectivity index (χ3n) is 7.50. The molecule has 0 spiro atoms. The number of aromatic amines is 1. The molecule has 3 aromatic heterocycles. The minimum Gasteiger partial charge on any atom is -0.481 e. The van der Waals surface area contributed by atoms with Crippen LogP contribution in [0.3, 0.4) is 0 Å². The molecule has 4 rings (SSSR count). The summed E-state index contributed by atoms with van der Waals surface area (Å²) in [7, 11) is 1.55. The number of carbonyl (C=O) groups excluding carboxylic acids is 1. The zero-order valence-corrected chi connectivity index (χ0v) is 27.4. The number of aryl methyl sites for hydroxylation is 2. The van der Waals surface area contributed by atoms with E-state index in [2.05, 4.69) is 30.6 Å². The number of carbonyl (C=O) groups is 2. The van der Waals surface area contributed by atoms with E-state index in [9.17, 15) is 14.4 Å². The number of aliphatic carboxylic acids is 1. The average Bonchev–Trinajstić information content (AvgIpc) is 3.59. The number of ether oxygens (including phenoxy) is 3. The number of anilines is 1. The molecule has 1 aromatic carbocycles. The fraction of sp³-hybridized carbons (Fsp3) is 0.516. The fourth-order valence-electron chi connectivity index (χ4n) is 4.68. The molecule has 16 nitrogen and oxygen atoms in total. The van der Waals surface area contributed by atoms with Gasteiger partial charge in [-0.2, -0.15) is 9.97 Å². The van der Waals surface area contributed by atoms with Crippen molar-refractivity contribution in [1.82, 2.24) is 39.8 Å². The molecule has 16 heteroatoms. The molecule has 0 saturated carbocycles. The summed E-state index contributed by atoms with van der Waals surface area (Å²) in [5, 5.41) is 20.0. The van der Waals surface area contributed by atoms with Crippen LogP contribution >= 0.6 is 0 Å². The molecular formula is C31H43N9O7. The van der Waals surface area contributed by atoms with Gasteiger partial charge in [-0.3, -0.25) is 18.8 Å². The summed E-state index contributed by atoms with van der Waals surface area (Å²) in [5.74, 6) is -1.00. The Balaban J connectivity index is 1.28. The quantitative estimate of drug-likeness (QED) is 0.114. The van der Waals surface area contributed by atoms with Gasteiger partial charge in [0.25, 0.3) is 5.91 Å². The highest BCUT2D eigenvalue weighted by Gasteiger charge is 2.25. The molecule has 0 radical (unpaired) electrons. The van der Waals surface area contributed by atoms with Crippen molar-refractivity contribution >= 4 is 28.9 Å². The van der Waals surface area contributed by atoms with Gasteiger partial charge < -0.3 is 35.4 Å². The van der Waals surface area contributed by atoms with Gasteiger partial charge >= 0.3 is 17.7 Å². The van der Waals surface area contributed by atoms with Gasteiger partial charge in [0.1, 0.15) is 12.1 Å². The number of aromatic nitrogens is 7. The minimum atomic E-state index is -0.870. The second-order valence-corrected chi connectivity index (χ2v) is 12.5. The van der Waals surface area contributed by atoms with Crippen LogP contribution < -0.4 is 21.5 Å². The highest BCUT2D eigenvalue weighted by atomic mass is 16.5. The molecule has 47 heavy (non-hydrogen) atoms. The molecule has 0 saturated heterocycles. The van der Waals surface area contributed by atoms with Crippen LogP contribution in [0.5, 0.6) is 6.01 Å². The van der Waals surface area contributed by atoms with Crippen LogP contribution in [0.4, 0.5) is 5.82 Å². The molecule has 0 aliphatic rings. The number of nitrogens with zero attached hydrogens (tertiary/aromatic N) is 6. The van der Waals surface area contributed by atoms with E-state index in [4.69, 9.17) is 25.1 Å². The standard InChI is InChI=1S/C31H43N9O7/c1-30(2,13-15-47-31(3,4)12-14-39-19-22(37-38-39)10-11-23(41)42)36-27(43)21-8-6-20(7-9-21)18-40-26-24(33-29(40)44)25(32)34-28(35-26)46-17-16-45-5/h6-9,19H,10-18H2,1-5H3,(H,33,44)(H,36,43)(H,41,42)(H2,32,34,35). The van der Waals surface area contributed by atoms with Crippen molar-refractivity contribution in [3.63, 3.8) is 0 Å². The van der Waals surface area contributed by atoms with E-state index in [1.165, 1.54) is 4.57 Å². The largest absolute Gasteiger partial charge is 0.481 e. The number of carboxylic acid groups (broad SMARTS) is 1. The lowest BCUT2D eigenvalue weighted by atomic mass is 9.99. The van der Waals surface area contributed by atoms with Gasteiger partial charge in [-0.15, -0.1) is 5.10 Å². The van der Waals surface area contributed by atoms with Crippen molar-refractivity contribution in [2.75, 3.05) is 32.7 Å². The molecule has 0 unspecified atom stereocenters. The first-order valence-electron chi connectivity index (χ1n) is 15.3. The Kier molecular flexibility index (Phi) is 11.3. The molecule has 0 bridgehead atoms. The van der Waals surface area contributed by atoms with Crippen LogP contribution in [0.15, 0.2) is 35.3 Å². The lowest BCUT2D eigenvalue weighted by molar-refractivity contribution is -0.137. The fourth-order valence-corrected chi connectivity index (χ4v) is 4.68. The lowest BCUT2D eigenvalue weighted by Gasteiger charge is -2.30. The van der Waals surface area contributed by atoms with Crippen molar-refractivity contribution in [2.24, 2.45) is 0 Å².